The molecule has 15 N–H and O–H groups in total. The highest BCUT2D eigenvalue weighted by Gasteiger charge is 2.47. The number of aromatic nitrogens is 1. The molecule has 2 fully saturated rings. The maximum absolute atomic E-state index is 15.4. The number of H-pyrrole nitrogens is 1. The lowest BCUT2D eigenvalue weighted by atomic mass is 9.93. The van der Waals surface area contributed by atoms with Gasteiger partial charge in [0.25, 0.3) is 11.8 Å². The normalized spacial score (nSPS) is 26.4. The summed E-state index contributed by atoms with van der Waals surface area (Å²) in [5.74, 6) is -15.7. The molecule has 6 heterocycles. The van der Waals surface area contributed by atoms with Crippen molar-refractivity contribution in [2.45, 2.75) is 146 Å². The SMILES string of the molecule is CC[C@H](C)[C@@H]1NC(=O)CNC(=O)C2Cc3c([nH]c4cc(O)ccc34)[S@](=O)CC(NC(=O)CNC1=O)C(=O)NC(CC(N)=O)C(=O)N1CC(O)CC1C(=O)N[C@@H]([C@@H](C)[C@@H]1COC(c3cccc(NC(=O)[C@@H](C)NC(=O)C(NC(=O)CCN4C(=O)C=CC4=O)C(C)C)c3)O1)C(=O)N2. The zero-order chi connectivity index (χ0) is 69.3. The molecule has 14 atom stereocenters. The van der Waals surface area contributed by atoms with E-state index < -0.39 is 223 Å². The number of aromatic hydroxyl groups is 1. The predicted molar refractivity (Wildman–Crippen MR) is 333 cm³/mol. The van der Waals surface area contributed by atoms with Crippen LogP contribution in [-0.4, -0.2) is 211 Å². The molecule has 2 aromatic carbocycles. The van der Waals surface area contributed by atoms with Crippen LogP contribution < -0.4 is 58.9 Å². The van der Waals surface area contributed by atoms with Crippen LogP contribution in [0.1, 0.15) is 84.6 Å². The van der Waals surface area contributed by atoms with Crippen molar-refractivity contribution in [2.75, 3.05) is 43.9 Å². The van der Waals surface area contributed by atoms with Crippen molar-refractivity contribution in [3.8, 4) is 5.75 Å². The summed E-state index contributed by atoms with van der Waals surface area (Å²) >= 11 is 0. The summed E-state index contributed by atoms with van der Waals surface area (Å²) in [4.78, 5) is 197. The maximum atomic E-state index is 15.4. The number of aliphatic hydroxyl groups excluding tert-OH is 1. The number of phenols is 1. The summed E-state index contributed by atoms with van der Waals surface area (Å²) in [6, 6.07) is -2.32. The van der Waals surface area contributed by atoms with Gasteiger partial charge in [-0.05, 0) is 48.6 Å². The van der Waals surface area contributed by atoms with E-state index >= 15 is 4.79 Å². The first-order chi connectivity index (χ1) is 45.0. The highest BCUT2D eigenvalue weighted by Crippen LogP contribution is 2.34. The van der Waals surface area contributed by atoms with Crippen LogP contribution in [0.2, 0.25) is 0 Å². The Balaban J connectivity index is 1.09. The number of nitrogens with one attached hydrogen (secondary N) is 11. The highest BCUT2D eigenvalue weighted by molar-refractivity contribution is 7.85. The lowest BCUT2D eigenvalue weighted by Crippen LogP contribution is -2.62. The molecule has 2 bridgehead atoms. The average molecular weight is 1340 g/mol. The number of hydrogen-bond donors (Lipinski definition) is 14. The molecule has 34 heteroatoms. The molecule has 2 saturated heterocycles. The first-order valence-electron chi connectivity index (χ1n) is 30.9. The van der Waals surface area contributed by atoms with Gasteiger partial charge in [0, 0.05) is 73.1 Å². The molecule has 0 spiro atoms. The Kier molecular flexibility index (Phi) is 23.3. The van der Waals surface area contributed by atoms with Crippen LogP contribution in [0.25, 0.3) is 10.9 Å². The number of primary amides is 1. The summed E-state index contributed by atoms with van der Waals surface area (Å²) in [6.07, 6.45) is -3.41. The number of hydrogen-bond acceptors (Lipinski definition) is 19. The molecule has 3 aromatic rings. The number of phenolic OH excluding ortho intramolecular Hbond substituents is 1. The van der Waals surface area contributed by atoms with Gasteiger partial charge in [0.05, 0.1) is 60.4 Å². The number of fused-ring (bicyclic) bond motifs is 5. The van der Waals surface area contributed by atoms with Crippen LogP contribution in [0.4, 0.5) is 5.69 Å². The van der Waals surface area contributed by atoms with Gasteiger partial charge in [-0.15, -0.1) is 0 Å². The fourth-order valence-electron chi connectivity index (χ4n) is 11.4. The van der Waals surface area contributed by atoms with Crippen molar-refractivity contribution >= 4 is 110 Å². The molecular formula is C61H78N14O19S. The number of imide groups is 1. The summed E-state index contributed by atoms with van der Waals surface area (Å²) in [5.41, 5.74) is 6.36. The van der Waals surface area contributed by atoms with Crippen LogP contribution in [0.15, 0.2) is 59.6 Å². The van der Waals surface area contributed by atoms with Gasteiger partial charge in [-0.3, -0.25) is 76.2 Å². The van der Waals surface area contributed by atoms with Crippen molar-refractivity contribution in [1.29, 1.82) is 0 Å². The number of nitrogens with two attached hydrogens (primary N) is 1. The molecule has 0 saturated carbocycles. The van der Waals surface area contributed by atoms with E-state index in [0.717, 1.165) is 22.0 Å². The van der Waals surface area contributed by atoms with E-state index in [2.05, 4.69) is 58.2 Å². The summed E-state index contributed by atoms with van der Waals surface area (Å²) < 4.78 is 27.5. The van der Waals surface area contributed by atoms with E-state index in [-0.39, 0.29) is 52.5 Å². The Morgan fingerprint density at radius 2 is 1.47 bits per heavy atom. The van der Waals surface area contributed by atoms with Crippen molar-refractivity contribution in [2.24, 2.45) is 23.5 Å². The van der Waals surface area contributed by atoms with Crippen molar-refractivity contribution in [1.82, 2.24) is 62.6 Å². The molecule has 512 valence electrons. The van der Waals surface area contributed by atoms with E-state index in [4.69, 9.17) is 15.2 Å². The number of benzene rings is 2. The standard InChI is InChI=1S/C61H78N14O19S/c1-7-28(4)50-56(88)64-22-45(80)67-40-26-95(92)59-36(35-12-11-33(76)18-37(35)70-59)20-38(53(85)63-23-46(81)72-50)68-58(90)51(73-55(87)41-19-34(77)24-75(41)60(91)39(21-43(62)78)69-54(40)86)29(5)42-25-93-61(94-42)31-9-8-10-32(17-31)66-52(84)30(6)65-57(89)49(27(2)3)71-44(79)15-16-74-47(82)13-14-48(74)83/h8-14,17-18,27-30,34,38-42,49-51,61,70,76-77H,7,15-16,19-26H2,1-6H3,(H2,62,78)(H,63,85)(H,64,88)(H,65,89)(H,66,84)(H,67,80)(H,68,90)(H,69,86)(H,71,79)(H,72,81)(H,73,87)/t28-,29-,30+,34?,38?,39?,40?,41?,42-,49?,50-,51-,61?,95+/m0/s1. The fraction of sp³-hybridized carbons (Fsp3) is 0.508. The van der Waals surface area contributed by atoms with Gasteiger partial charge < -0.3 is 88.5 Å². The number of nitrogens with zero attached hydrogens (tertiary/aromatic N) is 2. The van der Waals surface area contributed by atoms with Gasteiger partial charge in [0.1, 0.15) is 59.1 Å². The minimum absolute atomic E-state index is 0.0588. The molecule has 33 nitrogen and oxygen atoms in total. The Hall–Kier alpha value is -9.67. The Labute approximate surface area is 546 Å². The number of aromatic amines is 1. The number of rotatable bonds is 16. The van der Waals surface area contributed by atoms with Crippen molar-refractivity contribution in [3.63, 3.8) is 0 Å². The number of aliphatic hydroxyl groups is 1. The van der Waals surface area contributed by atoms with E-state index in [9.17, 15) is 76.8 Å². The number of anilines is 1. The van der Waals surface area contributed by atoms with Crippen LogP contribution in [0, 0.1) is 17.8 Å². The minimum atomic E-state index is -2.45. The Morgan fingerprint density at radius 1 is 0.779 bits per heavy atom. The van der Waals surface area contributed by atoms with Gasteiger partial charge in [-0.2, -0.15) is 0 Å². The second-order valence-electron chi connectivity index (χ2n) is 24.3. The first kappa shape index (κ1) is 71.2. The molecule has 0 aliphatic carbocycles. The number of carbonyl (C=O) groups excluding carboxylic acids is 14. The molecule has 5 aliphatic heterocycles. The minimum Gasteiger partial charge on any atom is -0.508 e. The quantitative estimate of drug-likeness (QED) is 0.0604. The average Bonchev–Trinajstić information content (AvgIpc) is 1.66. The van der Waals surface area contributed by atoms with Gasteiger partial charge in [0.15, 0.2) is 6.29 Å². The van der Waals surface area contributed by atoms with E-state index in [0.29, 0.717) is 12.0 Å². The third-order valence-electron chi connectivity index (χ3n) is 16.9. The molecule has 14 amide bonds. The maximum Gasteiger partial charge on any atom is 0.253 e. The number of amides is 14. The Morgan fingerprint density at radius 3 is 2.16 bits per heavy atom. The van der Waals surface area contributed by atoms with Gasteiger partial charge >= 0.3 is 0 Å². The molecule has 8 rings (SSSR count). The van der Waals surface area contributed by atoms with Crippen LogP contribution in [0.3, 0.4) is 0 Å². The van der Waals surface area contributed by atoms with Gasteiger partial charge in [-0.1, -0.05) is 53.2 Å². The van der Waals surface area contributed by atoms with Crippen LogP contribution >= 0.6 is 0 Å². The monoisotopic (exact) mass is 1340 g/mol. The molecular weight excluding hydrogens is 1260 g/mol. The zero-order valence-electron chi connectivity index (χ0n) is 52.8. The Bertz CT molecular complexity index is 3600. The van der Waals surface area contributed by atoms with Gasteiger partial charge in [0.2, 0.25) is 70.9 Å². The molecule has 95 heavy (non-hydrogen) atoms. The van der Waals surface area contributed by atoms with E-state index in [1.807, 2.05) is 0 Å². The lowest BCUT2D eigenvalue weighted by molar-refractivity contribution is -0.144. The number of carbonyl (C=O) groups is 14. The van der Waals surface area contributed by atoms with E-state index in [1.54, 1.807) is 39.8 Å². The smallest absolute Gasteiger partial charge is 0.253 e. The fourth-order valence-corrected chi connectivity index (χ4v) is 12.8. The van der Waals surface area contributed by atoms with Crippen LogP contribution in [-0.2, 0) is 93.8 Å². The third-order valence-corrected chi connectivity index (χ3v) is 18.4. The summed E-state index contributed by atoms with van der Waals surface area (Å²) in [5, 5.41) is 47.3. The number of ether oxygens (including phenoxy) is 2. The van der Waals surface area contributed by atoms with Crippen molar-refractivity contribution < 1.29 is 91.0 Å². The zero-order valence-corrected chi connectivity index (χ0v) is 53.6. The summed E-state index contributed by atoms with van der Waals surface area (Å²) in [7, 11) is -2.45. The van der Waals surface area contributed by atoms with Crippen LogP contribution in [0.5, 0.6) is 5.75 Å². The molecule has 5 aliphatic rings. The lowest BCUT2D eigenvalue weighted by Gasteiger charge is -2.33. The second-order valence-corrected chi connectivity index (χ2v) is 25.7. The first-order valence-corrected chi connectivity index (χ1v) is 32.2. The molecule has 0 radical (unpaired) electrons. The molecule has 1 aromatic heterocycles. The molecule has 7 unspecified atom stereocenters. The predicted octanol–water partition coefficient (Wildman–Crippen LogP) is -4.26. The van der Waals surface area contributed by atoms with Crippen molar-refractivity contribution in [3.05, 3.63) is 65.7 Å². The topological polar surface area (TPSA) is 484 Å². The third kappa shape index (κ3) is 17.6. The van der Waals surface area contributed by atoms with E-state index in [1.165, 1.54) is 44.2 Å². The highest BCUT2D eigenvalue weighted by atomic mass is 32.2. The van der Waals surface area contributed by atoms with Gasteiger partial charge in [-0.25, -0.2) is 0 Å². The summed E-state index contributed by atoms with van der Waals surface area (Å²) in [6.45, 7) is 6.99. The second kappa shape index (κ2) is 31.0. The largest absolute Gasteiger partial charge is 0.508 e.